The molecule has 1 heterocycles. The maximum Gasteiger partial charge on any atom is 0.159 e. The fourth-order valence-corrected chi connectivity index (χ4v) is 4.51. The molecule has 1 fully saturated rings. The predicted molar refractivity (Wildman–Crippen MR) is 70.1 cm³/mol. The van der Waals surface area contributed by atoms with Gasteiger partial charge in [0.2, 0.25) is 0 Å². The molecule has 1 aliphatic heterocycles. The summed E-state index contributed by atoms with van der Waals surface area (Å²) in [6.45, 7) is 7.15. The van der Waals surface area contributed by atoms with Crippen molar-refractivity contribution >= 4 is 9.84 Å². The van der Waals surface area contributed by atoms with Crippen molar-refractivity contribution in [3.05, 3.63) is 34.4 Å². The lowest BCUT2D eigenvalue weighted by molar-refractivity contribution is 0.550. The first-order valence-corrected chi connectivity index (χ1v) is 7.63. The molecule has 1 saturated heterocycles. The zero-order valence-electron chi connectivity index (χ0n) is 10.6. The van der Waals surface area contributed by atoms with Crippen LogP contribution in [0, 0.1) is 20.8 Å². The van der Waals surface area contributed by atoms with Crippen molar-refractivity contribution in [3.63, 3.8) is 0 Å². The SMILES string of the molecule is Cc1cc(C)c(C2CNCCS2(=O)=O)c(C)c1. The van der Waals surface area contributed by atoms with Crippen molar-refractivity contribution in [3.8, 4) is 0 Å². The molecule has 1 N–H and O–H groups in total. The van der Waals surface area contributed by atoms with Crippen LogP contribution in [0.15, 0.2) is 12.1 Å². The fraction of sp³-hybridized carbons (Fsp3) is 0.538. The highest BCUT2D eigenvalue weighted by molar-refractivity contribution is 7.91. The Morgan fingerprint density at radius 3 is 2.29 bits per heavy atom. The van der Waals surface area contributed by atoms with E-state index in [0.717, 1.165) is 16.7 Å². The summed E-state index contributed by atoms with van der Waals surface area (Å²) in [7, 11) is -3.00. The van der Waals surface area contributed by atoms with Gasteiger partial charge in [-0.3, -0.25) is 0 Å². The topological polar surface area (TPSA) is 46.2 Å². The van der Waals surface area contributed by atoms with Crippen LogP contribution >= 0.6 is 0 Å². The van der Waals surface area contributed by atoms with Crippen LogP contribution < -0.4 is 5.32 Å². The van der Waals surface area contributed by atoms with E-state index in [2.05, 4.69) is 17.4 Å². The van der Waals surface area contributed by atoms with Gasteiger partial charge < -0.3 is 5.32 Å². The van der Waals surface area contributed by atoms with Crippen LogP contribution in [0.1, 0.15) is 27.5 Å². The van der Waals surface area contributed by atoms with Crippen molar-refractivity contribution < 1.29 is 8.42 Å². The maximum atomic E-state index is 12.1. The summed E-state index contributed by atoms with van der Waals surface area (Å²) >= 11 is 0. The second kappa shape index (κ2) is 4.42. The maximum absolute atomic E-state index is 12.1. The van der Waals surface area contributed by atoms with E-state index in [4.69, 9.17) is 0 Å². The van der Waals surface area contributed by atoms with Crippen LogP contribution in [0.3, 0.4) is 0 Å². The monoisotopic (exact) mass is 253 g/mol. The van der Waals surface area contributed by atoms with Crippen molar-refractivity contribution in [1.82, 2.24) is 5.32 Å². The zero-order valence-corrected chi connectivity index (χ0v) is 11.4. The third-order valence-corrected chi connectivity index (χ3v) is 5.43. The van der Waals surface area contributed by atoms with E-state index in [1.807, 2.05) is 20.8 Å². The minimum atomic E-state index is -3.00. The number of hydrogen-bond acceptors (Lipinski definition) is 3. The lowest BCUT2D eigenvalue weighted by Crippen LogP contribution is -2.39. The molecule has 1 unspecified atom stereocenters. The van der Waals surface area contributed by atoms with Gasteiger partial charge in [-0.1, -0.05) is 17.7 Å². The molecule has 0 aromatic heterocycles. The normalized spacial score (nSPS) is 23.6. The Morgan fingerprint density at radius 2 is 1.76 bits per heavy atom. The van der Waals surface area contributed by atoms with Crippen molar-refractivity contribution in [2.75, 3.05) is 18.8 Å². The first kappa shape index (κ1) is 12.6. The average molecular weight is 253 g/mol. The molecular weight excluding hydrogens is 234 g/mol. The smallest absolute Gasteiger partial charge is 0.159 e. The summed E-state index contributed by atoms with van der Waals surface area (Å²) in [5.74, 6) is 0.240. The van der Waals surface area contributed by atoms with E-state index >= 15 is 0 Å². The highest BCUT2D eigenvalue weighted by Crippen LogP contribution is 2.30. The quantitative estimate of drug-likeness (QED) is 0.828. The standard InChI is InChI=1S/C13H19NO2S/c1-9-6-10(2)13(11(3)7-9)12-8-14-4-5-17(12,15)16/h6-7,12,14H,4-5,8H2,1-3H3. The highest BCUT2D eigenvalue weighted by Gasteiger charge is 2.32. The summed E-state index contributed by atoms with van der Waals surface area (Å²) in [5, 5.41) is 2.80. The summed E-state index contributed by atoms with van der Waals surface area (Å²) in [6.07, 6.45) is 0. The predicted octanol–water partition coefficient (Wildman–Crippen LogP) is 1.67. The molecule has 0 radical (unpaired) electrons. The minimum absolute atomic E-state index is 0.240. The molecule has 17 heavy (non-hydrogen) atoms. The number of sulfone groups is 1. The third-order valence-electron chi connectivity index (χ3n) is 3.39. The molecule has 0 spiro atoms. The first-order valence-electron chi connectivity index (χ1n) is 5.92. The average Bonchev–Trinajstić information content (AvgIpc) is 2.18. The Bertz CT molecular complexity index is 511. The zero-order chi connectivity index (χ0) is 12.6. The number of rotatable bonds is 1. The van der Waals surface area contributed by atoms with Gasteiger partial charge in [0.25, 0.3) is 0 Å². The molecule has 1 aromatic rings. The van der Waals surface area contributed by atoms with Crippen LogP contribution in [0.5, 0.6) is 0 Å². The molecule has 1 aromatic carbocycles. The van der Waals surface area contributed by atoms with Gasteiger partial charge in [0.1, 0.15) is 0 Å². The van der Waals surface area contributed by atoms with Gasteiger partial charge in [-0.15, -0.1) is 0 Å². The van der Waals surface area contributed by atoms with Crippen molar-refractivity contribution in [2.24, 2.45) is 0 Å². The lowest BCUT2D eigenvalue weighted by Gasteiger charge is -2.26. The largest absolute Gasteiger partial charge is 0.314 e. The van der Waals surface area contributed by atoms with E-state index in [9.17, 15) is 8.42 Å². The van der Waals surface area contributed by atoms with Crippen molar-refractivity contribution in [2.45, 2.75) is 26.0 Å². The minimum Gasteiger partial charge on any atom is -0.314 e. The van der Waals surface area contributed by atoms with Gasteiger partial charge in [-0.05, 0) is 37.5 Å². The number of nitrogens with one attached hydrogen (secondary N) is 1. The molecule has 0 saturated carbocycles. The molecule has 1 atom stereocenters. The fourth-order valence-electron chi connectivity index (χ4n) is 2.70. The Morgan fingerprint density at radius 1 is 1.18 bits per heavy atom. The molecule has 0 amide bonds. The van der Waals surface area contributed by atoms with Crippen LogP contribution in [-0.4, -0.2) is 27.3 Å². The van der Waals surface area contributed by atoms with Gasteiger partial charge in [0.15, 0.2) is 9.84 Å². The molecular formula is C13H19NO2S. The van der Waals surface area contributed by atoms with Crippen molar-refractivity contribution in [1.29, 1.82) is 0 Å². The Kier molecular flexibility index (Phi) is 3.27. The third kappa shape index (κ3) is 2.38. The lowest BCUT2D eigenvalue weighted by atomic mass is 9.97. The molecule has 4 heteroatoms. The van der Waals surface area contributed by atoms with E-state index in [1.54, 1.807) is 0 Å². The second-order valence-corrected chi connectivity index (χ2v) is 7.18. The Hall–Kier alpha value is -0.870. The molecule has 0 bridgehead atoms. The summed E-state index contributed by atoms with van der Waals surface area (Å²) in [6, 6.07) is 4.12. The first-order chi connectivity index (χ1) is 7.92. The molecule has 94 valence electrons. The van der Waals surface area contributed by atoms with Gasteiger partial charge in [-0.2, -0.15) is 0 Å². The Balaban J connectivity index is 2.53. The summed E-state index contributed by atoms with van der Waals surface area (Å²) in [5.41, 5.74) is 4.34. The van der Waals surface area contributed by atoms with Gasteiger partial charge in [0.05, 0.1) is 11.0 Å². The van der Waals surface area contributed by atoms with E-state index in [-0.39, 0.29) is 11.0 Å². The van der Waals surface area contributed by atoms with E-state index in [1.165, 1.54) is 5.56 Å². The molecule has 0 aliphatic carbocycles. The van der Waals surface area contributed by atoms with E-state index < -0.39 is 9.84 Å². The van der Waals surface area contributed by atoms with Gasteiger partial charge >= 0.3 is 0 Å². The number of benzene rings is 1. The molecule has 1 aliphatic rings. The summed E-state index contributed by atoms with van der Waals surface area (Å²) < 4.78 is 24.3. The Labute approximate surface area is 103 Å². The molecule has 3 nitrogen and oxygen atoms in total. The number of hydrogen-bond donors (Lipinski definition) is 1. The van der Waals surface area contributed by atoms with Gasteiger partial charge in [0, 0.05) is 13.1 Å². The van der Waals surface area contributed by atoms with Crippen LogP contribution in [0.4, 0.5) is 0 Å². The summed E-state index contributed by atoms with van der Waals surface area (Å²) in [4.78, 5) is 0. The highest BCUT2D eigenvalue weighted by atomic mass is 32.2. The second-order valence-electron chi connectivity index (χ2n) is 4.87. The van der Waals surface area contributed by atoms with Crippen LogP contribution in [0.25, 0.3) is 0 Å². The number of aryl methyl sites for hydroxylation is 3. The van der Waals surface area contributed by atoms with Crippen LogP contribution in [0.2, 0.25) is 0 Å². The van der Waals surface area contributed by atoms with E-state index in [0.29, 0.717) is 13.1 Å². The molecule has 2 rings (SSSR count). The van der Waals surface area contributed by atoms with Crippen LogP contribution in [-0.2, 0) is 9.84 Å². The van der Waals surface area contributed by atoms with Gasteiger partial charge in [-0.25, -0.2) is 8.42 Å².